The van der Waals surface area contributed by atoms with Crippen molar-refractivity contribution in [2.45, 2.75) is 38.3 Å². The molecule has 1 saturated carbocycles. The van der Waals surface area contributed by atoms with Gasteiger partial charge in [-0.3, -0.25) is 0 Å². The molecule has 0 amide bonds. The van der Waals surface area contributed by atoms with Gasteiger partial charge < -0.3 is 10.3 Å². The van der Waals surface area contributed by atoms with Gasteiger partial charge in [-0.1, -0.05) is 18.9 Å². The maximum atomic E-state index is 13.7. The van der Waals surface area contributed by atoms with Crippen molar-refractivity contribution in [3.05, 3.63) is 41.9 Å². The van der Waals surface area contributed by atoms with Gasteiger partial charge in [0.1, 0.15) is 5.82 Å². The van der Waals surface area contributed by atoms with E-state index in [9.17, 15) is 8.78 Å². The van der Waals surface area contributed by atoms with Crippen LogP contribution in [0, 0.1) is 11.6 Å². The molecule has 106 valence electrons. The quantitative estimate of drug-likeness (QED) is 0.899. The smallest absolute Gasteiger partial charge is 0.168 e. The highest BCUT2D eigenvalue weighted by molar-refractivity contribution is 5.59. The summed E-state index contributed by atoms with van der Waals surface area (Å²) in [6.07, 6.45) is 6.49. The third-order valence-corrected chi connectivity index (χ3v) is 3.78. The Hall–Kier alpha value is -1.75. The second-order valence-electron chi connectivity index (χ2n) is 5.21. The highest BCUT2D eigenvalue weighted by atomic mass is 19.2. The highest BCUT2D eigenvalue weighted by Crippen LogP contribution is 2.23. The highest BCUT2D eigenvalue weighted by Gasteiger charge is 2.15. The van der Waals surface area contributed by atoms with Crippen LogP contribution < -0.4 is 5.32 Å². The molecule has 2 N–H and O–H groups in total. The summed E-state index contributed by atoms with van der Waals surface area (Å²) in [5.41, 5.74) is 0.717. The zero-order valence-electron chi connectivity index (χ0n) is 11.1. The fraction of sp³-hybridized carbons (Fsp3) is 0.400. The number of rotatable bonds is 4. The van der Waals surface area contributed by atoms with E-state index >= 15 is 0 Å². The number of halogens is 2. The normalized spacial score (nSPS) is 15.9. The maximum Gasteiger partial charge on any atom is 0.168 e. The summed E-state index contributed by atoms with van der Waals surface area (Å²) in [7, 11) is 0. The van der Waals surface area contributed by atoms with Crippen molar-refractivity contribution in [1.29, 1.82) is 0 Å². The molecule has 1 aliphatic rings. The van der Waals surface area contributed by atoms with Crippen molar-refractivity contribution in [1.82, 2.24) is 15.3 Å². The summed E-state index contributed by atoms with van der Waals surface area (Å²) in [5, 5.41) is 3.43. The van der Waals surface area contributed by atoms with Crippen LogP contribution in [-0.2, 0) is 6.54 Å². The van der Waals surface area contributed by atoms with Crippen LogP contribution in [0.1, 0.15) is 31.5 Å². The van der Waals surface area contributed by atoms with Gasteiger partial charge >= 0.3 is 0 Å². The molecule has 1 heterocycles. The Labute approximate surface area is 116 Å². The monoisotopic (exact) mass is 277 g/mol. The molecule has 3 nitrogen and oxygen atoms in total. The first-order valence-electron chi connectivity index (χ1n) is 6.95. The molecule has 0 atom stereocenters. The number of aromatic amines is 1. The van der Waals surface area contributed by atoms with E-state index < -0.39 is 11.6 Å². The van der Waals surface area contributed by atoms with Gasteiger partial charge in [-0.2, -0.15) is 0 Å². The molecular weight excluding hydrogens is 260 g/mol. The first-order chi connectivity index (χ1) is 9.74. The van der Waals surface area contributed by atoms with Gasteiger partial charge in [0.2, 0.25) is 0 Å². The lowest BCUT2D eigenvalue weighted by atomic mass is 10.1. The van der Waals surface area contributed by atoms with Crippen LogP contribution in [0.4, 0.5) is 8.78 Å². The summed E-state index contributed by atoms with van der Waals surface area (Å²) >= 11 is 0. The molecule has 0 unspecified atom stereocenters. The average Bonchev–Trinajstić information content (AvgIpc) is 3.10. The number of aromatic nitrogens is 2. The van der Waals surface area contributed by atoms with Crippen molar-refractivity contribution in [3.63, 3.8) is 0 Å². The van der Waals surface area contributed by atoms with Crippen molar-refractivity contribution >= 4 is 0 Å². The number of hydrogen-bond acceptors (Lipinski definition) is 2. The molecule has 0 radical (unpaired) electrons. The van der Waals surface area contributed by atoms with E-state index in [4.69, 9.17) is 0 Å². The Balaban J connectivity index is 1.71. The van der Waals surface area contributed by atoms with Crippen molar-refractivity contribution in [2.75, 3.05) is 0 Å². The summed E-state index contributed by atoms with van der Waals surface area (Å²) in [6.45, 7) is 0.627. The van der Waals surface area contributed by atoms with Crippen LogP contribution >= 0.6 is 0 Å². The Morgan fingerprint density at radius 1 is 1.25 bits per heavy atom. The first-order valence-corrected chi connectivity index (χ1v) is 6.95. The largest absolute Gasteiger partial charge is 0.341 e. The number of hydrogen-bond donors (Lipinski definition) is 2. The standard InChI is InChI=1S/C15H17F2N3/c16-12-7-3-6-11(15(12)17)13-8-19-14(20-13)9-18-10-4-1-2-5-10/h3,6-8,10,18H,1-2,4-5,9H2,(H,19,20). The molecule has 1 aliphatic carbocycles. The van der Waals surface area contributed by atoms with Crippen LogP contribution in [-0.4, -0.2) is 16.0 Å². The molecule has 1 fully saturated rings. The molecule has 3 rings (SSSR count). The molecule has 1 aromatic heterocycles. The zero-order valence-corrected chi connectivity index (χ0v) is 11.1. The molecular formula is C15H17F2N3. The number of nitrogens with one attached hydrogen (secondary N) is 2. The lowest BCUT2D eigenvalue weighted by molar-refractivity contribution is 0.510. The van der Waals surface area contributed by atoms with E-state index in [1.165, 1.54) is 31.7 Å². The van der Waals surface area contributed by atoms with E-state index in [-0.39, 0.29) is 5.56 Å². The lowest BCUT2D eigenvalue weighted by Gasteiger charge is -2.09. The van der Waals surface area contributed by atoms with E-state index in [1.807, 2.05) is 0 Å². The van der Waals surface area contributed by atoms with Gasteiger partial charge in [0.25, 0.3) is 0 Å². The fourth-order valence-corrected chi connectivity index (χ4v) is 2.67. The Morgan fingerprint density at radius 2 is 2.05 bits per heavy atom. The molecule has 0 bridgehead atoms. The van der Waals surface area contributed by atoms with E-state index in [0.29, 0.717) is 18.3 Å². The van der Waals surface area contributed by atoms with Gasteiger partial charge in [-0.25, -0.2) is 13.8 Å². The minimum absolute atomic E-state index is 0.213. The van der Waals surface area contributed by atoms with Crippen molar-refractivity contribution < 1.29 is 8.78 Å². The Kier molecular flexibility index (Phi) is 3.78. The molecule has 1 aromatic carbocycles. The molecule has 5 heteroatoms. The number of imidazole rings is 1. The number of benzene rings is 1. The number of H-pyrrole nitrogens is 1. The fourth-order valence-electron chi connectivity index (χ4n) is 2.67. The second kappa shape index (κ2) is 5.71. The Morgan fingerprint density at radius 3 is 2.85 bits per heavy atom. The van der Waals surface area contributed by atoms with Gasteiger partial charge in [-0.15, -0.1) is 0 Å². The molecule has 0 saturated heterocycles. The second-order valence-corrected chi connectivity index (χ2v) is 5.21. The summed E-state index contributed by atoms with van der Waals surface area (Å²) in [4.78, 5) is 7.26. The first kappa shape index (κ1) is 13.2. The average molecular weight is 277 g/mol. The molecule has 0 aliphatic heterocycles. The maximum absolute atomic E-state index is 13.7. The third kappa shape index (κ3) is 2.72. The minimum Gasteiger partial charge on any atom is -0.341 e. The summed E-state index contributed by atoms with van der Waals surface area (Å²) in [5.74, 6) is -0.940. The molecule has 2 aromatic rings. The van der Waals surface area contributed by atoms with E-state index in [1.54, 1.807) is 12.3 Å². The van der Waals surface area contributed by atoms with Gasteiger partial charge in [-0.05, 0) is 25.0 Å². The zero-order chi connectivity index (χ0) is 13.9. The van der Waals surface area contributed by atoms with Crippen LogP contribution in [0.3, 0.4) is 0 Å². The van der Waals surface area contributed by atoms with E-state index in [0.717, 1.165) is 11.9 Å². The molecule has 0 spiro atoms. The lowest BCUT2D eigenvalue weighted by Crippen LogP contribution is -2.25. The number of nitrogens with zero attached hydrogens (tertiary/aromatic N) is 1. The van der Waals surface area contributed by atoms with Crippen LogP contribution in [0.2, 0.25) is 0 Å². The van der Waals surface area contributed by atoms with Gasteiger partial charge in [0.05, 0.1) is 18.4 Å². The minimum atomic E-state index is -0.845. The van der Waals surface area contributed by atoms with Crippen LogP contribution in [0.5, 0.6) is 0 Å². The summed E-state index contributed by atoms with van der Waals surface area (Å²) in [6, 6.07) is 4.69. The predicted octanol–water partition coefficient (Wildman–Crippen LogP) is 3.39. The third-order valence-electron chi connectivity index (χ3n) is 3.78. The predicted molar refractivity (Wildman–Crippen MR) is 73.0 cm³/mol. The topological polar surface area (TPSA) is 40.7 Å². The molecule has 20 heavy (non-hydrogen) atoms. The van der Waals surface area contributed by atoms with Gasteiger partial charge in [0, 0.05) is 11.6 Å². The van der Waals surface area contributed by atoms with E-state index in [2.05, 4.69) is 15.3 Å². The van der Waals surface area contributed by atoms with Crippen LogP contribution in [0.25, 0.3) is 11.3 Å². The van der Waals surface area contributed by atoms with Crippen molar-refractivity contribution in [2.24, 2.45) is 0 Å². The van der Waals surface area contributed by atoms with Crippen molar-refractivity contribution in [3.8, 4) is 11.3 Å². The van der Waals surface area contributed by atoms with Crippen LogP contribution in [0.15, 0.2) is 24.4 Å². The SMILES string of the molecule is Fc1cccc(-c2cnc(CNC3CCCC3)[nH]2)c1F. The van der Waals surface area contributed by atoms with Gasteiger partial charge in [0.15, 0.2) is 11.6 Å². The Bertz CT molecular complexity index is 589. The summed E-state index contributed by atoms with van der Waals surface area (Å²) < 4.78 is 26.9.